The molecule has 0 fully saturated rings. The van der Waals surface area contributed by atoms with Crippen molar-refractivity contribution in [2.45, 2.75) is 19.4 Å². The molecular formula is C13H16N2O5. The second-order valence-electron chi connectivity index (χ2n) is 4.01. The van der Waals surface area contributed by atoms with Gasteiger partial charge in [-0.3, -0.25) is 9.59 Å². The first-order valence-corrected chi connectivity index (χ1v) is 6.02. The van der Waals surface area contributed by atoms with E-state index in [1.807, 2.05) is 0 Å². The Kier molecular flexibility index (Phi) is 6.02. The van der Waals surface area contributed by atoms with E-state index in [-0.39, 0.29) is 13.0 Å². The molecule has 0 saturated heterocycles. The number of rotatable bonds is 6. The predicted molar refractivity (Wildman–Crippen MR) is 70.3 cm³/mol. The zero-order chi connectivity index (χ0) is 15.0. The fraction of sp³-hybridized carbons (Fsp3) is 0.308. The van der Waals surface area contributed by atoms with Gasteiger partial charge in [0.1, 0.15) is 11.8 Å². The Morgan fingerprint density at radius 1 is 1.25 bits per heavy atom. The number of carbonyl (C=O) groups excluding carboxylic acids is 2. The van der Waals surface area contributed by atoms with Gasteiger partial charge in [-0.1, -0.05) is 18.2 Å². The van der Waals surface area contributed by atoms with Crippen LogP contribution in [0.2, 0.25) is 0 Å². The molecule has 108 valence electrons. The fourth-order valence-electron chi connectivity index (χ4n) is 1.29. The van der Waals surface area contributed by atoms with Gasteiger partial charge in [0.15, 0.2) is 0 Å². The molecule has 2 amide bonds. The van der Waals surface area contributed by atoms with Crippen LogP contribution in [0.4, 0.5) is 4.79 Å². The highest BCUT2D eigenvalue weighted by Gasteiger charge is 2.13. The van der Waals surface area contributed by atoms with Crippen molar-refractivity contribution in [1.82, 2.24) is 10.6 Å². The number of amides is 2. The van der Waals surface area contributed by atoms with Crippen LogP contribution in [0.5, 0.6) is 5.75 Å². The molecule has 1 aromatic rings. The molecule has 20 heavy (non-hydrogen) atoms. The molecule has 0 aliphatic rings. The minimum absolute atomic E-state index is 0.0263. The molecule has 0 aromatic heterocycles. The van der Waals surface area contributed by atoms with Gasteiger partial charge in [0.05, 0.1) is 0 Å². The van der Waals surface area contributed by atoms with Crippen LogP contribution in [0.3, 0.4) is 0 Å². The lowest BCUT2D eigenvalue weighted by Crippen LogP contribution is -2.40. The maximum atomic E-state index is 11.4. The minimum Gasteiger partial charge on any atom is -0.480 e. The van der Waals surface area contributed by atoms with Gasteiger partial charge >= 0.3 is 12.1 Å². The van der Waals surface area contributed by atoms with E-state index in [1.54, 1.807) is 30.3 Å². The quantitative estimate of drug-likeness (QED) is 0.713. The van der Waals surface area contributed by atoms with Crippen molar-refractivity contribution in [3.8, 4) is 5.75 Å². The van der Waals surface area contributed by atoms with Crippen LogP contribution in [0.25, 0.3) is 0 Å². The monoisotopic (exact) mass is 280 g/mol. The number of nitrogens with one attached hydrogen (secondary N) is 2. The van der Waals surface area contributed by atoms with Crippen LogP contribution >= 0.6 is 0 Å². The van der Waals surface area contributed by atoms with Gasteiger partial charge in [0, 0.05) is 13.0 Å². The summed E-state index contributed by atoms with van der Waals surface area (Å²) in [6, 6.07) is 7.53. The number of aliphatic carboxylic acids is 1. The molecular weight excluding hydrogens is 264 g/mol. The highest BCUT2D eigenvalue weighted by molar-refractivity contribution is 5.83. The van der Waals surface area contributed by atoms with Crippen LogP contribution in [0, 0.1) is 0 Å². The third-order valence-corrected chi connectivity index (χ3v) is 2.32. The third kappa shape index (κ3) is 5.85. The highest BCUT2D eigenvalue weighted by atomic mass is 16.6. The van der Waals surface area contributed by atoms with Gasteiger partial charge in [-0.05, 0) is 19.1 Å². The molecule has 7 nitrogen and oxygen atoms in total. The van der Waals surface area contributed by atoms with Crippen molar-refractivity contribution < 1.29 is 24.2 Å². The van der Waals surface area contributed by atoms with Gasteiger partial charge in [-0.25, -0.2) is 4.79 Å². The van der Waals surface area contributed by atoms with Crippen LogP contribution in [0.15, 0.2) is 30.3 Å². The molecule has 0 heterocycles. The summed E-state index contributed by atoms with van der Waals surface area (Å²) in [6.45, 7) is 1.42. The molecule has 0 aliphatic heterocycles. The normalized spacial score (nSPS) is 11.2. The standard InChI is InChI=1S/C13H16N2O5/c1-9(12(17)18)15-11(16)7-8-14-13(19)20-10-5-3-2-4-6-10/h2-6,9H,7-8H2,1H3,(H,14,19)(H,15,16)(H,17,18)/t9-/m1/s1. The number of ether oxygens (including phenoxy) is 1. The number of carboxylic acid groups (broad SMARTS) is 1. The Balaban J connectivity index is 2.22. The summed E-state index contributed by atoms with van der Waals surface area (Å²) in [5.41, 5.74) is 0. The summed E-state index contributed by atoms with van der Waals surface area (Å²) in [5, 5.41) is 13.3. The Bertz CT molecular complexity index is 475. The van der Waals surface area contributed by atoms with Crippen molar-refractivity contribution in [3.63, 3.8) is 0 Å². The molecule has 0 aliphatic carbocycles. The van der Waals surface area contributed by atoms with Crippen molar-refractivity contribution in [2.24, 2.45) is 0 Å². The molecule has 0 bridgehead atoms. The third-order valence-electron chi connectivity index (χ3n) is 2.32. The SMILES string of the molecule is C[C@@H](NC(=O)CCNC(=O)Oc1ccccc1)C(=O)O. The van der Waals surface area contributed by atoms with E-state index in [0.29, 0.717) is 5.75 Å². The van der Waals surface area contributed by atoms with E-state index in [9.17, 15) is 14.4 Å². The predicted octanol–water partition coefficient (Wildman–Crippen LogP) is 0.754. The summed E-state index contributed by atoms with van der Waals surface area (Å²) in [4.78, 5) is 33.2. The molecule has 1 aromatic carbocycles. The summed E-state index contributed by atoms with van der Waals surface area (Å²) in [5.74, 6) is -1.18. The number of para-hydroxylation sites is 1. The van der Waals surface area contributed by atoms with E-state index >= 15 is 0 Å². The number of hydrogen-bond donors (Lipinski definition) is 3. The summed E-state index contributed by atoms with van der Waals surface area (Å²) < 4.78 is 4.94. The van der Waals surface area contributed by atoms with Gasteiger partial charge in [0.25, 0.3) is 0 Å². The second-order valence-corrected chi connectivity index (χ2v) is 4.01. The van der Waals surface area contributed by atoms with Gasteiger partial charge in [-0.15, -0.1) is 0 Å². The van der Waals surface area contributed by atoms with Crippen molar-refractivity contribution >= 4 is 18.0 Å². The lowest BCUT2D eigenvalue weighted by Gasteiger charge is -2.09. The molecule has 0 saturated carbocycles. The Morgan fingerprint density at radius 2 is 1.90 bits per heavy atom. The van der Waals surface area contributed by atoms with E-state index in [1.165, 1.54) is 6.92 Å². The average molecular weight is 280 g/mol. The Labute approximate surface area is 115 Å². The number of benzene rings is 1. The van der Waals surface area contributed by atoms with Crippen LogP contribution < -0.4 is 15.4 Å². The minimum atomic E-state index is -1.12. The first kappa shape index (κ1) is 15.5. The van der Waals surface area contributed by atoms with Gasteiger partial charge in [-0.2, -0.15) is 0 Å². The largest absolute Gasteiger partial charge is 0.480 e. The first-order chi connectivity index (χ1) is 9.49. The molecule has 3 N–H and O–H groups in total. The second kappa shape index (κ2) is 7.78. The summed E-state index contributed by atoms with van der Waals surface area (Å²) in [7, 11) is 0. The van der Waals surface area contributed by atoms with E-state index in [4.69, 9.17) is 9.84 Å². The van der Waals surface area contributed by atoms with Gasteiger partial charge < -0.3 is 20.5 Å². The van der Waals surface area contributed by atoms with Crippen molar-refractivity contribution in [3.05, 3.63) is 30.3 Å². The van der Waals surface area contributed by atoms with Crippen LogP contribution in [0.1, 0.15) is 13.3 Å². The number of hydrogen-bond acceptors (Lipinski definition) is 4. The maximum Gasteiger partial charge on any atom is 0.412 e. The highest BCUT2D eigenvalue weighted by Crippen LogP contribution is 2.07. The molecule has 0 radical (unpaired) electrons. The molecule has 1 rings (SSSR count). The number of carbonyl (C=O) groups is 3. The van der Waals surface area contributed by atoms with Crippen LogP contribution in [-0.4, -0.2) is 35.7 Å². The number of carboxylic acids is 1. The van der Waals surface area contributed by atoms with Gasteiger partial charge in [0.2, 0.25) is 5.91 Å². The fourth-order valence-corrected chi connectivity index (χ4v) is 1.29. The molecule has 0 spiro atoms. The first-order valence-electron chi connectivity index (χ1n) is 6.02. The van der Waals surface area contributed by atoms with Crippen molar-refractivity contribution in [1.29, 1.82) is 0 Å². The molecule has 1 atom stereocenters. The Morgan fingerprint density at radius 3 is 2.50 bits per heavy atom. The van der Waals surface area contributed by atoms with Crippen LogP contribution in [-0.2, 0) is 9.59 Å². The van der Waals surface area contributed by atoms with E-state index in [2.05, 4.69) is 10.6 Å². The maximum absolute atomic E-state index is 11.4. The lowest BCUT2D eigenvalue weighted by molar-refractivity contribution is -0.141. The summed E-state index contributed by atoms with van der Waals surface area (Å²) in [6.07, 6.45) is -0.697. The van der Waals surface area contributed by atoms with Crippen molar-refractivity contribution in [2.75, 3.05) is 6.54 Å². The van der Waals surface area contributed by atoms with E-state index < -0.39 is 24.0 Å². The van der Waals surface area contributed by atoms with E-state index in [0.717, 1.165) is 0 Å². The molecule has 7 heteroatoms. The zero-order valence-corrected chi connectivity index (χ0v) is 11.0. The summed E-state index contributed by atoms with van der Waals surface area (Å²) >= 11 is 0. The Hall–Kier alpha value is -2.57. The zero-order valence-electron chi connectivity index (χ0n) is 11.0. The molecule has 0 unspecified atom stereocenters. The lowest BCUT2D eigenvalue weighted by atomic mass is 10.3. The topological polar surface area (TPSA) is 105 Å². The average Bonchev–Trinajstić information content (AvgIpc) is 2.39. The smallest absolute Gasteiger partial charge is 0.412 e.